The van der Waals surface area contributed by atoms with Crippen molar-refractivity contribution in [2.24, 2.45) is 11.7 Å². The van der Waals surface area contributed by atoms with Crippen LogP contribution in [0, 0.1) is 5.92 Å². The summed E-state index contributed by atoms with van der Waals surface area (Å²) in [5.41, 5.74) is 5.77. The van der Waals surface area contributed by atoms with E-state index in [1.54, 1.807) is 0 Å². The maximum Gasteiger partial charge on any atom is 0.221 e. The van der Waals surface area contributed by atoms with E-state index in [1.807, 2.05) is 6.92 Å². The summed E-state index contributed by atoms with van der Waals surface area (Å²) < 4.78 is 0. The van der Waals surface area contributed by atoms with Gasteiger partial charge in [0, 0.05) is 31.6 Å². The SMILES string of the molecule is CCNC(=O)CC(CN)N(C)C(C)CC(C)C. The number of carbonyl (C=O) groups is 1. The molecular formula is C13H29N3O. The van der Waals surface area contributed by atoms with Crippen LogP contribution in [-0.4, -0.2) is 43.0 Å². The van der Waals surface area contributed by atoms with E-state index >= 15 is 0 Å². The third-order valence-electron chi connectivity index (χ3n) is 3.15. The molecule has 102 valence electrons. The van der Waals surface area contributed by atoms with Gasteiger partial charge in [0.25, 0.3) is 0 Å². The summed E-state index contributed by atoms with van der Waals surface area (Å²) in [6, 6.07) is 0.591. The largest absolute Gasteiger partial charge is 0.356 e. The van der Waals surface area contributed by atoms with E-state index in [-0.39, 0.29) is 11.9 Å². The summed E-state index contributed by atoms with van der Waals surface area (Å²) in [6.07, 6.45) is 1.62. The maximum atomic E-state index is 11.6. The van der Waals surface area contributed by atoms with Crippen LogP contribution >= 0.6 is 0 Å². The lowest BCUT2D eigenvalue weighted by Crippen LogP contribution is -2.46. The second-order valence-corrected chi connectivity index (χ2v) is 5.19. The van der Waals surface area contributed by atoms with Crippen LogP contribution in [0.1, 0.15) is 40.5 Å². The third kappa shape index (κ3) is 6.64. The highest BCUT2D eigenvalue weighted by Gasteiger charge is 2.21. The van der Waals surface area contributed by atoms with Gasteiger partial charge in [-0.15, -0.1) is 0 Å². The van der Waals surface area contributed by atoms with E-state index in [0.29, 0.717) is 31.5 Å². The molecule has 0 radical (unpaired) electrons. The van der Waals surface area contributed by atoms with E-state index in [9.17, 15) is 4.79 Å². The minimum Gasteiger partial charge on any atom is -0.356 e. The molecule has 0 saturated heterocycles. The molecule has 0 aromatic carbocycles. The zero-order valence-electron chi connectivity index (χ0n) is 12.0. The number of amides is 1. The summed E-state index contributed by atoms with van der Waals surface area (Å²) >= 11 is 0. The monoisotopic (exact) mass is 243 g/mol. The lowest BCUT2D eigenvalue weighted by molar-refractivity contribution is -0.122. The average molecular weight is 243 g/mol. The van der Waals surface area contributed by atoms with Crippen molar-refractivity contribution in [3.8, 4) is 0 Å². The number of rotatable bonds is 8. The Morgan fingerprint density at radius 2 is 1.94 bits per heavy atom. The van der Waals surface area contributed by atoms with Gasteiger partial charge in [0.2, 0.25) is 5.91 Å². The fourth-order valence-electron chi connectivity index (χ4n) is 2.09. The van der Waals surface area contributed by atoms with Crippen LogP contribution in [0.15, 0.2) is 0 Å². The Hall–Kier alpha value is -0.610. The molecule has 0 saturated carbocycles. The van der Waals surface area contributed by atoms with Gasteiger partial charge in [0.15, 0.2) is 0 Å². The number of nitrogens with two attached hydrogens (primary N) is 1. The molecule has 4 nitrogen and oxygen atoms in total. The van der Waals surface area contributed by atoms with Gasteiger partial charge in [-0.05, 0) is 33.2 Å². The molecule has 0 aromatic heterocycles. The highest BCUT2D eigenvalue weighted by atomic mass is 16.1. The van der Waals surface area contributed by atoms with Crippen LogP contribution in [0.2, 0.25) is 0 Å². The Balaban J connectivity index is 4.28. The molecule has 2 atom stereocenters. The number of likely N-dealkylation sites (N-methyl/N-ethyl adjacent to an activating group) is 1. The topological polar surface area (TPSA) is 58.4 Å². The predicted molar refractivity (Wildman–Crippen MR) is 72.8 cm³/mol. The van der Waals surface area contributed by atoms with Gasteiger partial charge in [-0.3, -0.25) is 9.69 Å². The minimum atomic E-state index is 0.0894. The molecule has 4 heteroatoms. The number of hydrogen-bond donors (Lipinski definition) is 2. The molecule has 0 heterocycles. The van der Waals surface area contributed by atoms with Crippen molar-refractivity contribution in [2.75, 3.05) is 20.1 Å². The lowest BCUT2D eigenvalue weighted by Gasteiger charge is -2.33. The quantitative estimate of drug-likeness (QED) is 0.673. The first-order valence-electron chi connectivity index (χ1n) is 6.61. The van der Waals surface area contributed by atoms with E-state index in [0.717, 1.165) is 6.42 Å². The Labute approximate surface area is 106 Å². The van der Waals surface area contributed by atoms with E-state index < -0.39 is 0 Å². The zero-order chi connectivity index (χ0) is 13.4. The van der Waals surface area contributed by atoms with Crippen LogP contribution in [0.5, 0.6) is 0 Å². The summed E-state index contributed by atoms with van der Waals surface area (Å²) in [4.78, 5) is 13.8. The van der Waals surface area contributed by atoms with Crippen LogP contribution in [0.4, 0.5) is 0 Å². The first kappa shape index (κ1) is 16.4. The number of nitrogens with zero attached hydrogens (tertiary/aromatic N) is 1. The van der Waals surface area contributed by atoms with Crippen LogP contribution in [0.3, 0.4) is 0 Å². The molecular weight excluding hydrogens is 214 g/mol. The maximum absolute atomic E-state index is 11.6. The molecule has 0 aliphatic carbocycles. The van der Waals surface area contributed by atoms with Crippen molar-refractivity contribution < 1.29 is 4.79 Å². The highest BCUT2D eigenvalue weighted by Crippen LogP contribution is 2.13. The summed E-state index contributed by atoms with van der Waals surface area (Å²) in [5.74, 6) is 0.752. The zero-order valence-corrected chi connectivity index (χ0v) is 12.0. The van der Waals surface area contributed by atoms with Crippen molar-refractivity contribution in [1.29, 1.82) is 0 Å². The van der Waals surface area contributed by atoms with E-state index in [4.69, 9.17) is 5.73 Å². The van der Waals surface area contributed by atoms with Crippen molar-refractivity contribution in [3.05, 3.63) is 0 Å². The average Bonchev–Trinajstić information content (AvgIpc) is 2.24. The Bertz CT molecular complexity index is 219. The van der Waals surface area contributed by atoms with Crippen molar-refractivity contribution in [1.82, 2.24) is 10.2 Å². The molecule has 0 fully saturated rings. The molecule has 0 rings (SSSR count). The van der Waals surface area contributed by atoms with Crippen molar-refractivity contribution in [3.63, 3.8) is 0 Å². The van der Waals surface area contributed by atoms with Gasteiger partial charge >= 0.3 is 0 Å². The van der Waals surface area contributed by atoms with Crippen LogP contribution in [0.25, 0.3) is 0 Å². The molecule has 17 heavy (non-hydrogen) atoms. The second-order valence-electron chi connectivity index (χ2n) is 5.19. The van der Waals surface area contributed by atoms with Gasteiger partial charge in [-0.1, -0.05) is 13.8 Å². The Kier molecular flexibility index (Phi) is 8.17. The van der Waals surface area contributed by atoms with Gasteiger partial charge in [-0.25, -0.2) is 0 Å². The molecule has 0 aliphatic rings. The first-order chi connectivity index (χ1) is 7.92. The van der Waals surface area contributed by atoms with Gasteiger partial charge in [-0.2, -0.15) is 0 Å². The van der Waals surface area contributed by atoms with Gasteiger partial charge in [0.1, 0.15) is 0 Å². The first-order valence-corrected chi connectivity index (χ1v) is 6.61. The molecule has 0 aliphatic heterocycles. The Morgan fingerprint density at radius 1 is 1.35 bits per heavy atom. The van der Waals surface area contributed by atoms with Crippen LogP contribution < -0.4 is 11.1 Å². The smallest absolute Gasteiger partial charge is 0.221 e. The minimum absolute atomic E-state index is 0.0894. The second kappa shape index (κ2) is 8.48. The lowest BCUT2D eigenvalue weighted by atomic mass is 10.0. The molecule has 0 aromatic rings. The Morgan fingerprint density at radius 3 is 2.35 bits per heavy atom. The molecule has 0 bridgehead atoms. The number of hydrogen-bond acceptors (Lipinski definition) is 3. The normalized spacial score (nSPS) is 15.1. The molecule has 2 unspecified atom stereocenters. The fraction of sp³-hybridized carbons (Fsp3) is 0.923. The van der Waals surface area contributed by atoms with Gasteiger partial charge in [0.05, 0.1) is 0 Å². The molecule has 0 spiro atoms. The predicted octanol–water partition coefficient (Wildman–Crippen LogP) is 1.21. The molecule has 3 N–H and O–H groups in total. The fourth-order valence-corrected chi connectivity index (χ4v) is 2.09. The standard InChI is InChI=1S/C13H29N3O/c1-6-15-13(17)8-12(9-14)16(5)11(4)7-10(2)3/h10-12H,6-9,14H2,1-5H3,(H,15,17). The van der Waals surface area contributed by atoms with Crippen LogP contribution in [-0.2, 0) is 4.79 Å². The third-order valence-corrected chi connectivity index (χ3v) is 3.15. The van der Waals surface area contributed by atoms with Crippen molar-refractivity contribution >= 4 is 5.91 Å². The summed E-state index contributed by atoms with van der Waals surface area (Å²) in [5, 5.41) is 2.82. The highest BCUT2D eigenvalue weighted by molar-refractivity contribution is 5.76. The van der Waals surface area contributed by atoms with Gasteiger partial charge < -0.3 is 11.1 Å². The summed E-state index contributed by atoms with van der Waals surface area (Å²) in [7, 11) is 2.06. The number of carbonyl (C=O) groups excluding carboxylic acids is 1. The number of nitrogens with one attached hydrogen (secondary N) is 1. The van der Waals surface area contributed by atoms with Crippen molar-refractivity contribution in [2.45, 2.75) is 52.6 Å². The van der Waals surface area contributed by atoms with E-state index in [1.165, 1.54) is 0 Å². The molecule has 1 amide bonds. The summed E-state index contributed by atoms with van der Waals surface area (Å²) in [6.45, 7) is 9.76. The van der Waals surface area contributed by atoms with E-state index in [2.05, 4.69) is 38.0 Å².